The molecule has 0 spiro atoms. The van der Waals surface area contributed by atoms with Gasteiger partial charge in [-0.15, -0.1) is 0 Å². The van der Waals surface area contributed by atoms with Crippen LogP contribution in [0.4, 0.5) is 0 Å². The lowest BCUT2D eigenvalue weighted by Gasteiger charge is -2.36. The molecule has 1 amide bonds. The van der Waals surface area contributed by atoms with E-state index in [0.717, 1.165) is 50.0 Å². The molecule has 7 heteroatoms. The second-order valence-electron chi connectivity index (χ2n) is 7.71. The van der Waals surface area contributed by atoms with E-state index in [1.165, 1.54) is 11.8 Å². The number of hydrogen-bond donors (Lipinski definition) is 1. The van der Waals surface area contributed by atoms with E-state index in [2.05, 4.69) is 29.3 Å². The summed E-state index contributed by atoms with van der Waals surface area (Å²) in [6, 6.07) is 11.6. The predicted molar refractivity (Wildman–Crippen MR) is 115 cm³/mol. The highest BCUT2D eigenvalue weighted by Gasteiger charge is 2.44. The van der Waals surface area contributed by atoms with Crippen molar-refractivity contribution < 1.29 is 9.21 Å². The summed E-state index contributed by atoms with van der Waals surface area (Å²) >= 11 is 6.04. The van der Waals surface area contributed by atoms with Gasteiger partial charge in [-0.25, -0.2) is 0 Å². The number of carbonyl (C=O) groups excluding carboxylic acids is 1. The second kappa shape index (κ2) is 8.49. The Hall–Kier alpha value is -2.47. The molecular formula is C22H27ClN4O2. The lowest BCUT2D eigenvalue weighted by atomic mass is 9.96. The van der Waals surface area contributed by atoms with Crippen LogP contribution in [0, 0.1) is 0 Å². The molecule has 0 unspecified atom stereocenters. The molecule has 1 saturated heterocycles. The van der Waals surface area contributed by atoms with Crippen molar-refractivity contribution in [2.45, 2.75) is 25.2 Å². The van der Waals surface area contributed by atoms with Crippen molar-refractivity contribution >= 4 is 23.5 Å². The molecule has 2 heterocycles. The van der Waals surface area contributed by atoms with Gasteiger partial charge in [0.2, 0.25) is 0 Å². The largest absolute Gasteiger partial charge is 0.459 e. The minimum absolute atomic E-state index is 0.0451. The molecule has 6 nitrogen and oxygen atoms in total. The van der Waals surface area contributed by atoms with Crippen LogP contribution in [0.5, 0.6) is 0 Å². The monoisotopic (exact) mass is 414 g/mol. The summed E-state index contributed by atoms with van der Waals surface area (Å²) in [7, 11) is 0. The van der Waals surface area contributed by atoms with Crippen molar-refractivity contribution in [3.63, 3.8) is 0 Å². The van der Waals surface area contributed by atoms with E-state index in [0.29, 0.717) is 18.8 Å². The third-order valence-corrected chi connectivity index (χ3v) is 6.03. The van der Waals surface area contributed by atoms with Crippen LogP contribution in [0.15, 0.2) is 52.1 Å². The van der Waals surface area contributed by atoms with Gasteiger partial charge in [-0.1, -0.05) is 23.7 Å². The number of benzene rings is 1. The van der Waals surface area contributed by atoms with Gasteiger partial charge >= 0.3 is 0 Å². The van der Waals surface area contributed by atoms with Crippen LogP contribution in [0.3, 0.4) is 0 Å². The number of piperazine rings is 1. The van der Waals surface area contributed by atoms with E-state index in [-0.39, 0.29) is 11.3 Å². The maximum absolute atomic E-state index is 12.5. The van der Waals surface area contributed by atoms with Gasteiger partial charge in [0.15, 0.2) is 11.7 Å². The Morgan fingerprint density at radius 2 is 1.83 bits per heavy atom. The maximum atomic E-state index is 12.5. The van der Waals surface area contributed by atoms with E-state index in [4.69, 9.17) is 21.0 Å². The zero-order chi connectivity index (χ0) is 20.3. The Kier molecular flexibility index (Phi) is 5.81. The number of nitrogens with zero attached hydrogens (tertiary/aromatic N) is 3. The third kappa shape index (κ3) is 4.42. The smallest absolute Gasteiger partial charge is 0.289 e. The van der Waals surface area contributed by atoms with Gasteiger partial charge in [0.1, 0.15) is 0 Å². The van der Waals surface area contributed by atoms with Crippen molar-refractivity contribution in [1.29, 1.82) is 0 Å². The van der Waals surface area contributed by atoms with Crippen molar-refractivity contribution in [1.82, 2.24) is 15.1 Å². The van der Waals surface area contributed by atoms with E-state index < -0.39 is 0 Å². The van der Waals surface area contributed by atoms with E-state index >= 15 is 0 Å². The third-order valence-electron chi connectivity index (χ3n) is 5.77. The van der Waals surface area contributed by atoms with Crippen LogP contribution in [0.25, 0.3) is 0 Å². The minimum Gasteiger partial charge on any atom is -0.459 e. The highest BCUT2D eigenvalue weighted by atomic mass is 35.5. The Balaban J connectivity index is 1.39. The van der Waals surface area contributed by atoms with Gasteiger partial charge in [-0.3, -0.25) is 9.79 Å². The summed E-state index contributed by atoms with van der Waals surface area (Å²) in [4.78, 5) is 21.5. The van der Waals surface area contributed by atoms with Crippen LogP contribution >= 0.6 is 11.6 Å². The minimum atomic E-state index is -0.0451. The standard InChI is InChI=1S/C22H27ClN4O2/c1-2-24-21(25-16-22(9-10-22)17-5-7-18(23)8-6-17)27-13-11-26(12-14-27)20(28)19-4-3-15-29-19/h3-8,15H,2,9-14,16H2,1H3,(H,24,25). The molecule has 1 aromatic carbocycles. The first-order valence-corrected chi connectivity index (χ1v) is 10.6. The van der Waals surface area contributed by atoms with Gasteiger partial charge in [0.25, 0.3) is 5.91 Å². The Morgan fingerprint density at radius 1 is 1.14 bits per heavy atom. The van der Waals surface area contributed by atoms with Gasteiger partial charge in [0, 0.05) is 43.2 Å². The first-order chi connectivity index (χ1) is 14.1. The molecule has 0 radical (unpaired) electrons. The summed E-state index contributed by atoms with van der Waals surface area (Å²) in [6.45, 7) is 6.50. The van der Waals surface area contributed by atoms with Crippen LogP contribution < -0.4 is 5.32 Å². The molecule has 1 aromatic heterocycles. The van der Waals surface area contributed by atoms with Crippen molar-refractivity contribution in [2.75, 3.05) is 39.3 Å². The fourth-order valence-electron chi connectivity index (χ4n) is 3.82. The zero-order valence-electron chi connectivity index (χ0n) is 16.7. The van der Waals surface area contributed by atoms with E-state index in [1.54, 1.807) is 12.1 Å². The molecule has 2 aliphatic rings. The number of nitrogens with one attached hydrogen (secondary N) is 1. The molecule has 1 aliphatic carbocycles. The van der Waals surface area contributed by atoms with Crippen LogP contribution in [0.2, 0.25) is 5.02 Å². The molecule has 0 bridgehead atoms. The molecule has 2 fully saturated rings. The number of rotatable bonds is 5. The van der Waals surface area contributed by atoms with Crippen molar-refractivity contribution in [3.05, 3.63) is 59.0 Å². The highest BCUT2D eigenvalue weighted by molar-refractivity contribution is 6.30. The maximum Gasteiger partial charge on any atom is 0.289 e. The highest BCUT2D eigenvalue weighted by Crippen LogP contribution is 2.48. The molecule has 0 atom stereocenters. The summed E-state index contributed by atoms with van der Waals surface area (Å²) in [5, 5.41) is 4.18. The van der Waals surface area contributed by atoms with Crippen molar-refractivity contribution in [2.24, 2.45) is 4.99 Å². The molecule has 2 aromatic rings. The summed E-state index contributed by atoms with van der Waals surface area (Å²) in [5.74, 6) is 1.28. The number of hydrogen-bond acceptors (Lipinski definition) is 3. The summed E-state index contributed by atoms with van der Waals surface area (Å²) in [5.41, 5.74) is 1.46. The molecule has 1 N–H and O–H groups in total. The molecular weight excluding hydrogens is 388 g/mol. The van der Waals surface area contributed by atoms with Crippen LogP contribution in [0.1, 0.15) is 35.9 Å². The first kappa shape index (κ1) is 19.8. The molecule has 4 rings (SSSR count). The number of halogens is 1. The normalized spacial score (nSPS) is 18.6. The molecule has 29 heavy (non-hydrogen) atoms. The second-order valence-corrected chi connectivity index (χ2v) is 8.15. The molecule has 154 valence electrons. The average Bonchev–Trinajstić information content (AvgIpc) is 3.33. The quantitative estimate of drug-likeness (QED) is 0.601. The van der Waals surface area contributed by atoms with Crippen molar-refractivity contribution in [3.8, 4) is 0 Å². The molecule has 1 aliphatic heterocycles. The Morgan fingerprint density at radius 3 is 2.41 bits per heavy atom. The van der Waals surface area contributed by atoms with Gasteiger partial charge in [-0.05, 0) is 49.6 Å². The predicted octanol–water partition coefficient (Wildman–Crippen LogP) is 3.39. The fourth-order valence-corrected chi connectivity index (χ4v) is 3.95. The van der Waals surface area contributed by atoms with Gasteiger partial charge in [0.05, 0.1) is 12.8 Å². The number of aliphatic imine (C=N–C) groups is 1. The van der Waals surface area contributed by atoms with E-state index in [1.807, 2.05) is 17.0 Å². The lowest BCUT2D eigenvalue weighted by molar-refractivity contribution is 0.0657. The molecule has 1 saturated carbocycles. The number of furan rings is 1. The fraction of sp³-hybridized carbons (Fsp3) is 0.455. The van der Waals surface area contributed by atoms with E-state index in [9.17, 15) is 4.79 Å². The van der Waals surface area contributed by atoms with Crippen LogP contribution in [-0.4, -0.2) is 60.9 Å². The first-order valence-electron chi connectivity index (χ1n) is 10.2. The topological polar surface area (TPSA) is 61.1 Å². The Bertz CT molecular complexity index is 851. The number of amides is 1. The van der Waals surface area contributed by atoms with Gasteiger partial charge < -0.3 is 19.5 Å². The van der Waals surface area contributed by atoms with Gasteiger partial charge in [-0.2, -0.15) is 0 Å². The summed E-state index contributed by atoms with van der Waals surface area (Å²) < 4.78 is 5.24. The Labute approximate surface area is 176 Å². The number of carbonyl (C=O) groups is 1. The van der Waals surface area contributed by atoms with Crippen LogP contribution in [-0.2, 0) is 5.41 Å². The lowest BCUT2D eigenvalue weighted by Crippen LogP contribution is -2.53. The average molecular weight is 415 g/mol. The SMILES string of the molecule is CCNC(=NCC1(c2ccc(Cl)cc2)CC1)N1CCN(C(=O)c2ccco2)CC1. The summed E-state index contributed by atoms with van der Waals surface area (Å²) in [6.07, 6.45) is 3.85. The zero-order valence-corrected chi connectivity index (χ0v) is 17.5. The number of guanidine groups is 1.